The van der Waals surface area contributed by atoms with E-state index in [1.54, 1.807) is 11.8 Å². The maximum atomic E-state index is 5.85. The van der Waals surface area contributed by atoms with E-state index in [1.165, 1.54) is 4.90 Å². The van der Waals surface area contributed by atoms with Crippen molar-refractivity contribution in [3.8, 4) is 0 Å². The summed E-state index contributed by atoms with van der Waals surface area (Å²) >= 11 is 7.54. The number of benzene rings is 1. The van der Waals surface area contributed by atoms with Crippen molar-refractivity contribution in [3.63, 3.8) is 0 Å². The third-order valence-corrected chi connectivity index (χ3v) is 2.32. The van der Waals surface area contributed by atoms with Crippen LogP contribution in [0.2, 0.25) is 5.02 Å². The predicted octanol–water partition coefficient (Wildman–Crippen LogP) is 3.10. The van der Waals surface area contributed by atoms with Crippen molar-refractivity contribution in [2.75, 3.05) is 18.6 Å². The second-order valence-corrected chi connectivity index (χ2v) is 3.45. The molecule has 0 aromatic heterocycles. The molecule has 60 valence electrons. The Morgan fingerprint density at radius 2 is 2.09 bits per heavy atom. The number of rotatable bonds is 2. The molecular weight excluding hydrogens is 178 g/mol. The summed E-state index contributed by atoms with van der Waals surface area (Å²) in [6.45, 7) is 0. The summed E-state index contributed by atoms with van der Waals surface area (Å²) in [5.74, 6) is 0. The Hall–Kier alpha value is -0.340. The van der Waals surface area contributed by atoms with Crippen molar-refractivity contribution in [2.24, 2.45) is 0 Å². The fourth-order valence-electron chi connectivity index (χ4n) is 0.825. The second kappa shape index (κ2) is 3.88. The van der Waals surface area contributed by atoms with E-state index in [1.807, 2.05) is 25.4 Å². The first-order valence-corrected chi connectivity index (χ1v) is 4.89. The van der Waals surface area contributed by atoms with Crippen molar-refractivity contribution >= 4 is 29.1 Å². The summed E-state index contributed by atoms with van der Waals surface area (Å²) in [5, 5.41) is 3.82. The summed E-state index contributed by atoms with van der Waals surface area (Å²) < 4.78 is 0. The van der Waals surface area contributed by atoms with Gasteiger partial charge in [0.25, 0.3) is 0 Å². The molecule has 0 aliphatic carbocycles. The van der Waals surface area contributed by atoms with Crippen LogP contribution in [0.1, 0.15) is 0 Å². The van der Waals surface area contributed by atoms with Gasteiger partial charge in [-0.05, 0) is 24.5 Å². The van der Waals surface area contributed by atoms with Crippen molar-refractivity contribution < 1.29 is 0 Å². The van der Waals surface area contributed by atoms with Gasteiger partial charge in [0.15, 0.2) is 0 Å². The van der Waals surface area contributed by atoms with Crippen LogP contribution in [0.3, 0.4) is 0 Å². The highest BCUT2D eigenvalue weighted by Crippen LogP contribution is 2.24. The van der Waals surface area contributed by atoms with E-state index in [2.05, 4.69) is 11.4 Å². The van der Waals surface area contributed by atoms with Crippen LogP contribution in [0.5, 0.6) is 0 Å². The van der Waals surface area contributed by atoms with Gasteiger partial charge in [-0.1, -0.05) is 11.6 Å². The molecule has 0 radical (unpaired) electrons. The predicted molar refractivity (Wildman–Crippen MR) is 52.8 cm³/mol. The zero-order valence-corrected chi connectivity index (χ0v) is 8.09. The number of anilines is 1. The molecule has 0 aliphatic rings. The van der Waals surface area contributed by atoms with E-state index in [0.29, 0.717) is 0 Å². The molecule has 1 N–H and O–H groups in total. The van der Waals surface area contributed by atoms with Gasteiger partial charge in [-0.25, -0.2) is 0 Å². The molecule has 0 unspecified atom stereocenters. The van der Waals surface area contributed by atoms with Gasteiger partial charge in [-0.3, -0.25) is 0 Å². The average molecular weight is 188 g/mol. The zero-order valence-electron chi connectivity index (χ0n) is 6.52. The normalized spacial score (nSPS) is 9.73. The van der Waals surface area contributed by atoms with Crippen LogP contribution in [0, 0.1) is 0 Å². The van der Waals surface area contributed by atoms with Crippen LogP contribution in [-0.4, -0.2) is 13.3 Å². The Kier molecular flexibility index (Phi) is 3.09. The smallest absolute Gasteiger partial charge is 0.0437 e. The van der Waals surface area contributed by atoms with Gasteiger partial charge in [-0.2, -0.15) is 0 Å². The van der Waals surface area contributed by atoms with E-state index >= 15 is 0 Å². The molecule has 11 heavy (non-hydrogen) atoms. The third kappa shape index (κ3) is 2.31. The fourth-order valence-corrected chi connectivity index (χ4v) is 1.61. The molecule has 0 amide bonds. The van der Waals surface area contributed by atoms with Crippen LogP contribution in [0.15, 0.2) is 23.1 Å². The van der Waals surface area contributed by atoms with Gasteiger partial charge in [0.05, 0.1) is 0 Å². The molecule has 0 saturated carbocycles. The van der Waals surface area contributed by atoms with E-state index in [4.69, 9.17) is 11.6 Å². The number of thioether (sulfide) groups is 1. The monoisotopic (exact) mass is 187 g/mol. The molecule has 1 aromatic carbocycles. The lowest BCUT2D eigenvalue weighted by molar-refractivity contribution is 1.42. The number of nitrogens with one attached hydrogen (secondary N) is 1. The maximum absolute atomic E-state index is 5.85. The quantitative estimate of drug-likeness (QED) is 0.715. The van der Waals surface area contributed by atoms with Crippen molar-refractivity contribution in [2.45, 2.75) is 4.90 Å². The van der Waals surface area contributed by atoms with Gasteiger partial charge in [0.2, 0.25) is 0 Å². The first-order chi connectivity index (χ1) is 5.26. The molecule has 1 aromatic rings. The van der Waals surface area contributed by atoms with Crippen LogP contribution in [-0.2, 0) is 0 Å². The molecule has 0 saturated heterocycles. The summed E-state index contributed by atoms with van der Waals surface area (Å²) in [6.07, 6.45) is 2.03. The Labute approximate surface area is 76.1 Å². The van der Waals surface area contributed by atoms with Gasteiger partial charge in [-0.15, -0.1) is 11.8 Å². The molecular formula is C8H10ClNS. The molecule has 1 nitrogen and oxygen atoms in total. The van der Waals surface area contributed by atoms with Crippen LogP contribution in [0.25, 0.3) is 0 Å². The maximum Gasteiger partial charge on any atom is 0.0437 e. The molecule has 0 heterocycles. The molecule has 3 heteroatoms. The summed E-state index contributed by atoms with van der Waals surface area (Å²) in [7, 11) is 1.88. The lowest BCUT2D eigenvalue weighted by Gasteiger charge is -2.02. The Morgan fingerprint density at radius 1 is 1.36 bits per heavy atom. The Bertz CT molecular complexity index is 228. The highest BCUT2D eigenvalue weighted by molar-refractivity contribution is 7.98. The lowest BCUT2D eigenvalue weighted by atomic mass is 10.3. The fraction of sp³-hybridized carbons (Fsp3) is 0.250. The summed E-state index contributed by atoms with van der Waals surface area (Å²) in [6, 6.07) is 5.92. The SMILES string of the molecule is CNc1cc(Cl)cc(SC)c1. The van der Waals surface area contributed by atoms with Crippen molar-refractivity contribution in [1.29, 1.82) is 0 Å². The minimum absolute atomic E-state index is 0.779. The molecule has 1 rings (SSSR count). The van der Waals surface area contributed by atoms with Gasteiger partial charge >= 0.3 is 0 Å². The first kappa shape index (κ1) is 8.75. The minimum Gasteiger partial charge on any atom is -0.388 e. The Balaban J connectivity index is 3.02. The molecule has 0 fully saturated rings. The van der Waals surface area contributed by atoms with Gasteiger partial charge in [0, 0.05) is 22.7 Å². The van der Waals surface area contributed by atoms with Crippen LogP contribution in [0.4, 0.5) is 5.69 Å². The first-order valence-electron chi connectivity index (χ1n) is 3.28. The highest BCUT2D eigenvalue weighted by Gasteiger charge is 1.95. The van der Waals surface area contributed by atoms with E-state index < -0.39 is 0 Å². The van der Waals surface area contributed by atoms with Crippen molar-refractivity contribution in [3.05, 3.63) is 23.2 Å². The summed E-state index contributed by atoms with van der Waals surface area (Å²) in [5.41, 5.74) is 1.06. The number of hydrogen-bond donors (Lipinski definition) is 1. The largest absolute Gasteiger partial charge is 0.388 e. The van der Waals surface area contributed by atoms with E-state index in [9.17, 15) is 0 Å². The van der Waals surface area contributed by atoms with Crippen molar-refractivity contribution in [1.82, 2.24) is 0 Å². The van der Waals surface area contributed by atoms with Gasteiger partial charge < -0.3 is 5.32 Å². The van der Waals surface area contributed by atoms with Crippen LogP contribution >= 0.6 is 23.4 Å². The lowest BCUT2D eigenvalue weighted by Crippen LogP contribution is -1.87. The molecule has 0 aliphatic heterocycles. The van der Waals surface area contributed by atoms with Crippen LogP contribution < -0.4 is 5.32 Å². The highest BCUT2D eigenvalue weighted by atomic mass is 35.5. The average Bonchev–Trinajstić information content (AvgIpc) is 2.03. The van der Waals surface area contributed by atoms with E-state index in [0.717, 1.165) is 10.7 Å². The number of hydrogen-bond acceptors (Lipinski definition) is 2. The number of halogens is 1. The molecule has 0 spiro atoms. The molecule has 0 atom stereocenters. The van der Waals surface area contributed by atoms with E-state index in [-0.39, 0.29) is 0 Å². The third-order valence-electron chi connectivity index (χ3n) is 1.40. The minimum atomic E-state index is 0.779. The molecule has 0 bridgehead atoms. The zero-order chi connectivity index (χ0) is 8.27. The topological polar surface area (TPSA) is 12.0 Å². The second-order valence-electron chi connectivity index (χ2n) is 2.13. The summed E-state index contributed by atoms with van der Waals surface area (Å²) in [4.78, 5) is 1.18. The Morgan fingerprint density at radius 3 is 2.64 bits per heavy atom. The van der Waals surface area contributed by atoms with Gasteiger partial charge in [0.1, 0.15) is 0 Å². The standard InChI is InChI=1S/C8H10ClNS/c1-10-7-3-6(9)4-8(5-7)11-2/h3-5,10H,1-2H3.